The Morgan fingerprint density at radius 1 is 0.421 bits per heavy atom. The standard InChI is InChI=1S/C81H141N25O20/c1-58(2)50-67(101-77(116)66(11-7-20-95-81(87)88)99-69(109)53-97-75(114)65(10-6-19-94-80(85)86)100-78(117)68(51-60-12-14-61(108)15-13-60)102-79(118)74(98-59(3)107)63-52-96-64-9-5-4-8-62(63)64)76(115)93-25-41-126-49-48-125-40-24-92-73(113)57-106-32-30-104(55-71(111)90-22-38-123-46-43-120-35-17-83)28-26-103(54-70(110)89-21-37-122-45-42-119-34-16-82)27-29-105(31-33-106)56-72(112)91-23-39-124-47-44-121-36-18-84/h4-5,8-9,12-15,52,58,65-68,74,96,108H,6-7,10-11,16-51,53-57,82-84H2,1-3H3,(H,89,110)(H,90,111)(H,91,112)(H,92,113)(H,93,115)(H,97,114)(H,98,107)(H,99,109)(H,100,117)(H,101,116)(H,102,118)(H4,85,86,94)(H4,87,88,95). The average molecular weight is 1790 g/mol. The number of nitrogens with two attached hydrogens (primary N) is 7. The molecule has 27 N–H and O–H groups in total. The molecule has 4 rings (SSSR count). The fourth-order valence-corrected chi connectivity index (χ4v) is 12.7. The highest BCUT2D eigenvalue weighted by atomic mass is 16.5. The van der Waals surface area contributed by atoms with Crippen LogP contribution in [-0.4, -0.2) is 387 Å². The summed E-state index contributed by atoms with van der Waals surface area (Å²) >= 11 is 0. The van der Waals surface area contributed by atoms with Crippen LogP contribution in [0, 0.1) is 5.92 Å². The van der Waals surface area contributed by atoms with Gasteiger partial charge in [0, 0.05) is 154 Å². The van der Waals surface area contributed by atoms with E-state index in [-0.39, 0.29) is 204 Å². The van der Waals surface area contributed by atoms with Crippen LogP contribution in [0.25, 0.3) is 10.9 Å². The molecule has 0 bridgehead atoms. The van der Waals surface area contributed by atoms with E-state index in [0.29, 0.717) is 153 Å². The van der Waals surface area contributed by atoms with Crippen LogP contribution in [0.2, 0.25) is 0 Å². The molecule has 3 aromatic rings. The van der Waals surface area contributed by atoms with Gasteiger partial charge < -0.3 is 147 Å². The van der Waals surface area contributed by atoms with Crippen molar-refractivity contribution >= 4 is 87.8 Å². The maximum atomic E-state index is 14.5. The number of guanidine groups is 2. The van der Waals surface area contributed by atoms with Crippen LogP contribution in [0.5, 0.6) is 5.75 Å². The Morgan fingerprint density at radius 3 is 1.18 bits per heavy atom. The fraction of sp³-hybridized carbons (Fsp3) is 0.667. The van der Waals surface area contributed by atoms with Crippen molar-refractivity contribution in [3.8, 4) is 5.75 Å². The van der Waals surface area contributed by atoms with E-state index < -0.39 is 78.1 Å². The first-order valence-corrected chi connectivity index (χ1v) is 42.9. The zero-order valence-corrected chi connectivity index (χ0v) is 73.4. The molecule has 45 nitrogen and oxygen atoms in total. The number of nitrogens with zero attached hydrogens (tertiary/aromatic N) is 6. The molecule has 45 heteroatoms. The van der Waals surface area contributed by atoms with E-state index in [1.54, 1.807) is 42.6 Å². The van der Waals surface area contributed by atoms with E-state index in [0.717, 1.165) is 0 Å². The molecule has 11 amide bonds. The Kier molecular flexibility index (Phi) is 57.0. The number of phenolic OH excluding ortho intramolecular Hbond substituents is 1. The van der Waals surface area contributed by atoms with E-state index in [4.69, 9.17) is 78.0 Å². The van der Waals surface area contributed by atoms with Gasteiger partial charge in [-0.2, -0.15) is 0 Å². The predicted octanol–water partition coefficient (Wildman–Crippen LogP) is -7.69. The lowest BCUT2D eigenvalue weighted by molar-refractivity contribution is -0.134. The number of carbonyl (C=O) groups excluding carboxylic acids is 11. The summed E-state index contributed by atoms with van der Waals surface area (Å²) in [5.41, 5.74) is 40.4. The number of fused-ring (bicyclic) bond motifs is 1. The number of rotatable bonds is 66. The zero-order chi connectivity index (χ0) is 91.9. The Morgan fingerprint density at radius 2 is 0.786 bits per heavy atom. The van der Waals surface area contributed by atoms with Gasteiger partial charge in [-0.3, -0.25) is 82.3 Å². The van der Waals surface area contributed by atoms with Gasteiger partial charge in [0.05, 0.1) is 138 Å². The van der Waals surface area contributed by atoms with Crippen LogP contribution in [0.3, 0.4) is 0 Å². The Hall–Kier alpha value is -10.1. The minimum atomic E-state index is -1.39. The van der Waals surface area contributed by atoms with Crippen molar-refractivity contribution in [2.45, 2.75) is 89.5 Å². The van der Waals surface area contributed by atoms with Gasteiger partial charge >= 0.3 is 0 Å². The number of benzene rings is 2. The van der Waals surface area contributed by atoms with Gasteiger partial charge in [0.25, 0.3) is 0 Å². The number of aromatic hydroxyl groups is 1. The third-order valence-corrected chi connectivity index (χ3v) is 19.0. The zero-order valence-electron chi connectivity index (χ0n) is 73.4. The summed E-state index contributed by atoms with van der Waals surface area (Å²) < 4.78 is 44.4. The molecule has 5 unspecified atom stereocenters. The number of para-hydroxylation sites is 1. The monoisotopic (exact) mass is 1780 g/mol. The number of carbonyl (C=O) groups is 11. The van der Waals surface area contributed by atoms with Gasteiger partial charge in [0.1, 0.15) is 36.0 Å². The molecule has 0 aliphatic carbocycles. The lowest BCUT2D eigenvalue weighted by Gasteiger charge is -2.33. The minimum absolute atomic E-state index is 0.0202. The summed E-state index contributed by atoms with van der Waals surface area (Å²) in [6, 6.07) is 6.56. The molecule has 0 spiro atoms. The summed E-state index contributed by atoms with van der Waals surface area (Å²) in [4.78, 5) is 171. The predicted molar refractivity (Wildman–Crippen MR) is 471 cm³/mol. The van der Waals surface area contributed by atoms with Gasteiger partial charge in [0.15, 0.2) is 11.9 Å². The summed E-state index contributed by atoms with van der Waals surface area (Å²) in [7, 11) is 0. The number of aliphatic imine (C=N–C) groups is 2. The van der Waals surface area contributed by atoms with Crippen molar-refractivity contribution in [2.75, 3.05) is 256 Å². The van der Waals surface area contributed by atoms with Crippen LogP contribution in [0.15, 0.2) is 64.7 Å². The lowest BCUT2D eigenvalue weighted by atomic mass is 10.0. The van der Waals surface area contributed by atoms with Crippen LogP contribution < -0.4 is 98.6 Å². The molecular formula is C81H141N25O20. The van der Waals surface area contributed by atoms with E-state index >= 15 is 0 Å². The van der Waals surface area contributed by atoms with E-state index in [9.17, 15) is 57.8 Å². The van der Waals surface area contributed by atoms with Gasteiger partial charge in [-0.05, 0) is 61.8 Å². The van der Waals surface area contributed by atoms with Crippen molar-refractivity contribution in [1.29, 1.82) is 0 Å². The Labute approximate surface area is 737 Å². The number of hydrogen-bond acceptors (Lipinski definition) is 29. The second-order valence-electron chi connectivity index (χ2n) is 29.9. The van der Waals surface area contributed by atoms with Crippen LogP contribution >= 0.6 is 0 Å². The van der Waals surface area contributed by atoms with Gasteiger partial charge in [-0.1, -0.05) is 44.2 Å². The lowest BCUT2D eigenvalue weighted by Crippen LogP contribution is -2.57. The second kappa shape index (κ2) is 66.3. The Bertz CT molecular complexity index is 3660. The first kappa shape index (κ1) is 108. The fourth-order valence-electron chi connectivity index (χ4n) is 12.7. The molecule has 710 valence electrons. The number of nitrogens with one attached hydrogen (secondary N) is 12. The largest absolute Gasteiger partial charge is 0.508 e. The maximum Gasteiger partial charge on any atom is 0.247 e. The minimum Gasteiger partial charge on any atom is -0.508 e. The normalized spacial score (nSPS) is 14.3. The van der Waals surface area contributed by atoms with E-state index in [1.165, 1.54) is 19.1 Å². The highest BCUT2D eigenvalue weighted by Crippen LogP contribution is 2.25. The van der Waals surface area contributed by atoms with Gasteiger partial charge in [-0.15, -0.1) is 0 Å². The van der Waals surface area contributed by atoms with Crippen molar-refractivity contribution in [2.24, 2.45) is 56.0 Å². The molecule has 5 atom stereocenters. The molecule has 1 saturated heterocycles. The van der Waals surface area contributed by atoms with E-state index in [1.807, 2.05) is 33.4 Å². The average Bonchev–Trinajstić information content (AvgIpc) is 1.65. The van der Waals surface area contributed by atoms with Gasteiger partial charge in [-0.25, -0.2) is 0 Å². The molecular weight excluding hydrogens is 1640 g/mol. The van der Waals surface area contributed by atoms with Crippen LogP contribution in [0.1, 0.15) is 70.0 Å². The maximum absolute atomic E-state index is 14.5. The van der Waals surface area contributed by atoms with Crippen molar-refractivity contribution in [3.05, 3.63) is 65.9 Å². The molecule has 1 aliphatic heterocycles. The molecule has 0 saturated carbocycles. The van der Waals surface area contributed by atoms with Gasteiger partial charge in [0.2, 0.25) is 65.0 Å². The third kappa shape index (κ3) is 50.3. The highest BCUT2D eigenvalue weighted by Gasteiger charge is 2.34. The summed E-state index contributed by atoms with van der Waals surface area (Å²) in [6.45, 7) is 14.1. The van der Waals surface area contributed by atoms with Crippen molar-refractivity contribution < 1.29 is 95.7 Å². The van der Waals surface area contributed by atoms with Crippen molar-refractivity contribution in [3.63, 3.8) is 0 Å². The number of H-pyrrole nitrogens is 1. The topological polar surface area (TPSA) is 650 Å². The molecule has 126 heavy (non-hydrogen) atoms. The number of aromatic nitrogens is 1. The van der Waals surface area contributed by atoms with Crippen molar-refractivity contribution in [1.82, 2.24) is 83.1 Å². The smallest absolute Gasteiger partial charge is 0.247 e. The number of ether oxygens (including phenoxy) is 8. The SMILES string of the molecule is CC(=O)NC(C(=O)NC(Cc1ccc(O)cc1)C(=O)NC(CCCN=C(N)N)C(=O)NCC(=O)NC(CCCN=C(N)N)C(=O)NC(CC(C)C)C(=O)NCCOCCOCCNC(=O)CN1CCN(CC(=O)NCCOCCOCCN)CCN(CC(=O)NCCOCCOCCN)CCN(CC(=O)NCCOCCOCCN)CC1)c1c[nH]c2ccccc12. The molecule has 1 fully saturated rings. The molecule has 2 aromatic carbocycles. The Balaban J connectivity index is 1.36. The molecule has 0 radical (unpaired) electrons. The third-order valence-electron chi connectivity index (χ3n) is 19.0. The summed E-state index contributed by atoms with van der Waals surface area (Å²) in [6.07, 6.45) is 1.83. The molecule has 1 aliphatic rings. The highest BCUT2D eigenvalue weighted by molar-refractivity contribution is 5.98. The molecule has 1 aromatic heterocycles. The summed E-state index contributed by atoms with van der Waals surface area (Å²) in [5.74, 6) is -6.69. The number of aromatic amines is 1. The number of amides is 11. The van der Waals surface area contributed by atoms with Crippen LogP contribution in [-0.2, 0) is 97.1 Å². The number of hydrogen-bond donors (Lipinski definition) is 20. The molecule has 2 heterocycles. The van der Waals surface area contributed by atoms with E-state index in [2.05, 4.69) is 73.5 Å². The first-order chi connectivity index (χ1) is 60.8. The second-order valence-corrected chi connectivity index (χ2v) is 29.9. The first-order valence-electron chi connectivity index (χ1n) is 42.9. The summed E-state index contributed by atoms with van der Waals surface area (Å²) in [5, 5.41) is 41.2. The quantitative estimate of drug-likeness (QED) is 0.0142. The van der Waals surface area contributed by atoms with Crippen LogP contribution in [0.4, 0.5) is 0 Å². The number of phenols is 1.